The van der Waals surface area contributed by atoms with E-state index in [9.17, 15) is 4.79 Å². The van der Waals surface area contributed by atoms with Crippen molar-refractivity contribution in [2.45, 2.75) is 24.8 Å². The average Bonchev–Trinajstić information content (AvgIpc) is 1.86. The molecule has 0 bridgehead atoms. The molecule has 4 heteroatoms. The van der Waals surface area contributed by atoms with E-state index in [1.807, 2.05) is 0 Å². The fraction of sp³-hybridized carbons (Fsp3) is 0.571. The van der Waals surface area contributed by atoms with Gasteiger partial charge in [-0.05, 0) is 19.3 Å². The summed E-state index contributed by atoms with van der Waals surface area (Å²) in [6, 6.07) is 0. The summed E-state index contributed by atoms with van der Waals surface area (Å²) in [5, 5.41) is 16.9. The van der Waals surface area contributed by atoms with Crippen LogP contribution < -0.4 is 0 Å². The summed E-state index contributed by atoms with van der Waals surface area (Å²) in [5.74, 6) is -0.992. The first-order valence-corrected chi connectivity index (χ1v) is 3.71. The molecule has 11 heavy (non-hydrogen) atoms. The molecular weight excluding hydrogens is 168 g/mol. The second-order valence-corrected chi connectivity index (χ2v) is 2.74. The summed E-state index contributed by atoms with van der Waals surface area (Å²) in [5.41, 5.74) is -0.723. The monoisotopic (exact) mass is 178 g/mol. The molecule has 1 atom stereocenters. The average molecular weight is 179 g/mol. The van der Waals surface area contributed by atoms with Gasteiger partial charge in [-0.2, -0.15) is 0 Å². The van der Waals surface area contributed by atoms with Crippen molar-refractivity contribution in [2.75, 3.05) is 0 Å². The molecule has 0 amide bonds. The minimum atomic E-state index is -0.992. The van der Waals surface area contributed by atoms with Crippen LogP contribution in [0.25, 0.3) is 0 Å². The molecule has 0 aromatic heterocycles. The Bertz CT molecular complexity index is 154. The number of hydrogen-bond acceptors (Lipinski definition) is 2. The van der Waals surface area contributed by atoms with Gasteiger partial charge in [0.05, 0.1) is 0 Å². The Morgan fingerprint density at radius 3 is 2.55 bits per heavy atom. The van der Waals surface area contributed by atoms with Crippen LogP contribution in [-0.2, 0) is 4.79 Å². The zero-order valence-electron chi connectivity index (χ0n) is 6.09. The maximum absolute atomic E-state index is 10.2. The molecular formula is C7H11ClO3. The molecule has 0 spiro atoms. The number of hydrogen-bond donors (Lipinski definition) is 2. The highest BCUT2D eigenvalue weighted by molar-refractivity contribution is 6.19. The molecule has 0 aromatic carbocycles. The molecule has 0 fully saturated rings. The Hall–Kier alpha value is -0.540. The number of alkyl halides is 1. The summed E-state index contributed by atoms with van der Waals surface area (Å²) in [4.78, 5) is 10.2. The van der Waals surface area contributed by atoms with Crippen molar-refractivity contribution >= 4 is 17.6 Å². The van der Waals surface area contributed by atoms with E-state index in [0.717, 1.165) is 0 Å². The topological polar surface area (TPSA) is 57.5 Å². The van der Waals surface area contributed by atoms with Crippen LogP contribution in [-0.4, -0.2) is 21.7 Å². The van der Waals surface area contributed by atoms with Gasteiger partial charge < -0.3 is 10.2 Å². The van der Waals surface area contributed by atoms with Crippen molar-refractivity contribution in [3.63, 3.8) is 0 Å². The van der Waals surface area contributed by atoms with Crippen molar-refractivity contribution in [2.24, 2.45) is 0 Å². The lowest BCUT2D eigenvalue weighted by Crippen LogP contribution is -2.01. The number of carboxylic acids is 1. The maximum atomic E-state index is 10.2. The van der Waals surface area contributed by atoms with Crippen LogP contribution in [0.5, 0.6) is 0 Å². The molecule has 0 aromatic rings. The highest BCUT2D eigenvalue weighted by Crippen LogP contribution is 2.08. The van der Waals surface area contributed by atoms with E-state index in [4.69, 9.17) is 21.8 Å². The standard InChI is InChI=1S/C7H11ClO3/c1-5(7(10)11)3-2-4-6(8)9/h6,9H,1-4H2,(H,10,11). The predicted octanol–water partition coefficient (Wildman–Crippen LogP) is 1.35. The van der Waals surface area contributed by atoms with Gasteiger partial charge in [0.1, 0.15) is 5.56 Å². The van der Waals surface area contributed by atoms with Gasteiger partial charge >= 0.3 is 5.97 Å². The van der Waals surface area contributed by atoms with Gasteiger partial charge in [-0.25, -0.2) is 4.79 Å². The first kappa shape index (κ1) is 10.5. The SMILES string of the molecule is C=C(CCCC(O)Cl)C(=O)O. The molecule has 0 rings (SSSR count). The first-order chi connectivity index (χ1) is 5.04. The van der Waals surface area contributed by atoms with Gasteiger partial charge in [-0.15, -0.1) is 0 Å². The molecule has 0 aliphatic heterocycles. The number of carbonyl (C=O) groups is 1. The van der Waals surface area contributed by atoms with Crippen molar-refractivity contribution in [3.8, 4) is 0 Å². The molecule has 0 heterocycles. The molecule has 0 radical (unpaired) electrons. The van der Waals surface area contributed by atoms with Crippen LogP contribution in [0.15, 0.2) is 12.2 Å². The maximum Gasteiger partial charge on any atom is 0.330 e. The lowest BCUT2D eigenvalue weighted by atomic mass is 10.1. The second-order valence-electron chi connectivity index (χ2n) is 2.24. The lowest BCUT2D eigenvalue weighted by Gasteiger charge is -2.01. The van der Waals surface area contributed by atoms with Gasteiger partial charge in [-0.3, -0.25) is 0 Å². The Morgan fingerprint density at radius 1 is 1.64 bits per heavy atom. The molecule has 3 nitrogen and oxygen atoms in total. The van der Waals surface area contributed by atoms with Crippen LogP contribution in [0.4, 0.5) is 0 Å². The Labute approximate surface area is 70.3 Å². The van der Waals surface area contributed by atoms with Crippen LogP contribution in [0.3, 0.4) is 0 Å². The van der Waals surface area contributed by atoms with E-state index in [0.29, 0.717) is 19.3 Å². The zero-order chi connectivity index (χ0) is 8.85. The molecule has 0 aliphatic carbocycles. The van der Waals surface area contributed by atoms with Crippen molar-refractivity contribution in [1.29, 1.82) is 0 Å². The van der Waals surface area contributed by atoms with E-state index in [1.54, 1.807) is 0 Å². The number of rotatable bonds is 5. The Kier molecular flexibility index (Phi) is 4.90. The van der Waals surface area contributed by atoms with Gasteiger partial charge in [0, 0.05) is 5.57 Å². The number of halogens is 1. The highest BCUT2D eigenvalue weighted by Gasteiger charge is 2.04. The Balaban J connectivity index is 3.40. The predicted molar refractivity (Wildman–Crippen MR) is 42.5 cm³/mol. The third-order valence-electron chi connectivity index (χ3n) is 1.22. The third-order valence-corrected chi connectivity index (χ3v) is 1.44. The van der Waals surface area contributed by atoms with Gasteiger partial charge in [0.15, 0.2) is 0 Å². The summed E-state index contributed by atoms with van der Waals surface area (Å²) < 4.78 is 0. The molecule has 0 saturated carbocycles. The molecule has 1 unspecified atom stereocenters. The fourth-order valence-electron chi connectivity index (χ4n) is 0.591. The zero-order valence-corrected chi connectivity index (χ0v) is 6.84. The number of aliphatic hydroxyl groups is 1. The number of carboxylic acid groups (broad SMARTS) is 1. The summed E-state index contributed by atoms with van der Waals surface area (Å²) >= 11 is 5.22. The Morgan fingerprint density at radius 2 is 2.18 bits per heavy atom. The minimum Gasteiger partial charge on any atom is -0.478 e. The molecule has 0 aliphatic rings. The van der Waals surface area contributed by atoms with Crippen molar-refractivity contribution in [3.05, 3.63) is 12.2 Å². The fourth-order valence-corrected chi connectivity index (χ4v) is 0.745. The van der Waals surface area contributed by atoms with E-state index in [-0.39, 0.29) is 5.57 Å². The minimum absolute atomic E-state index is 0.155. The van der Waals surface area contributed by atoms with Crippen molar-refractivity contribution < 1.29 is 15.0 Å². The smallest absolute Gasteiger partial charge is 0.330 e. The first-order valence-electron chi connectivity index (χ1n) is 3.27. The highest BCUT2D eigenvalue weighted by atomic mass is 35.5. The van der Waals surface area contributed by atoms with Crippen LogP contribution in [0.2, 0.25) is 0 Å². The van der Waals surface area contributed by atoms with Crippen LogP contribution in [0, 0.1) is 0 Å². The number of aliphatic carboxylic acids is 1. The van der Waals surface area contributed by atoms with Crippen molar-refractivity contribution in [1.82, 2.24) is 0 Å². The lowest BCUT2D eigenvalue weighted by molar-refractivity contribution is -0.132. The number of aliphatic hydroxyl groups excluding tert-OH is 1. The largest absolute Gasteiger partial charge is 0.478 e. The molecule has 64 valence electrons. The van der Waals surface area contributed by atoms with Crippen LogP contribution in [0.1, 0.15) is 19.3 Å². The van der Waals surface area contributed by atoms with E-state index in [2.05, 4.69) is 6.58 Å². The molecule has 2 N–H and O–H groups in total. The third kappa shape index (κ3) is 5.88. The van der Waals surface area contributed by atoms with E-state index >= 15 is 0 Å². The van der Waals surface area contributed by atoms with Gasteiger partial charge in [-0.1, -0.05) is 18.2 Å². The van der Waals surface area contributed by atoms with E-state index < -0.39 is 11.5 Å². The summed E-state index contributed by atoms with van der Waals surface area (Å²) in [6.45, 7) is 3.33. The van der Waals surface area contributed by atoms with Gasteiger partial charge in [0.2, 0.25) is 0 Å². The van der Waals surface area contributed by atoms with Crippen LogP contribution >= 0.6 is 11.6 Å². The second kappa shape index (κ2) is 5.16. The van der Waals surface area contributed by atoms with Gasteiger partial charge in [0.25, 0.3) is 0 Å². The van der Waals surface area contributed by atoms with E-state index in [1.165, 1.54) is 0 Å². The molecule has 0 saturated heterocycles. The summed E-state index contributed by atoms with van der Waals surface area (Å²) in [7, 11) is 0. The normalized spacial score (nSPS) is 12.5. The quantitative estimate of drug-likeness (QED) is 0.494. The summed E-state index contributed by atoms with van der Waals surface area (Å²) in [6.07, 6.45) is 1.32.